The Labute approximate surface area is 112 Å². The van der Waals surface area contributed by atoms with E-state index in [4.69, 9.17) is 14.7 Å². The van der Waals surface area contributed by atoms with Crippen LogP contribution >= 0.6 is 0 Å². The smallest absolute Gasteiger partial charge is 0.234 e. The number of carbonyl (C=O) groups excluding carboxylic acids is 1. The topological polar surface area (TPSA) is 71.4 Å². The van der Waals surface area contributed by atoms with Gasteiger partial charge in [0.2, 0.25) is 5.91 Å². The summed E-state index contributed by atoms with van der Waals surface area (Å²) in [7, 11) is 0. The lowest BCUT2D eigenvalue weighted by Crippen LogP contribution is -2.40. The molecule has 0 fully saturated rings. The molecule has 0 radical (unpaired) electrons. The number of ether oxygens (including phenoxy) is 2. The zero-order valence-corrected chi connectivity index (χ0v) is 11.0. The molecule has 0 saturated carbocycles. The van der Waals surface area contributed by atoms with Gasteiger partial charge >= 0.3 is 0 Å². The van der Waals surface area contributed by atoms with Gasteiger partial charge in [-0.3, -0.25) is 4.79 Å². The van der Waals surface area contributed by atoms with Crippen LogP contribution in [0.5, 0.6) is 11.5 Å². The van der Waals surface area contributed by atoms with E-state index in [1.165, 1.54) is 0 Å². The van der Waals surface area contributed by atoms with Crippen LogP contribution in [-0.4, -0.2) is 19.1 Å². The van der Waals surface area contributed by atoms with E-state index < -0.39 is 5.54 Å². The summed E-state index contributed by atoms with van der Waals surface area (Å²) in [6.07, 6.45) is -0.145. The fourth-order valence-corrected chi connectivity index (χ4v) is 1.97. The Morgan fingerprint density at radius 1 is 1.37 bits per heavy atom. The number of benzene rings is 1. The van der Waals surface area contributed by atoms with Crippen molar-refractivity contribution in [3.63, 3.8) is 0 Å². The van der Waals surface area contributed by atoms with Crippen LogP contribution in [0.3, 0.4) is 0 Å². The molecule has 1 N–H and O–H groups in total. The second-order valence-corrected chi connectivity index (χ2v) is 4.87. The first-order valence-electron chi connectivity index (χ1n) is 6.11. The third kappa shape index (κ3) is 2.97. The number of amides is 1. The highest BCUT2D eigenvalue weighted by atomic mass is 16.6. The molecule has 19 heavy (non-hydrogen) atoms. The number of nitriles is 1. The van der Waals surface area contributed by atoms with Crippen molar-refractivity contribution < 1.29 is 14.3 Å². The minimum atomic E-state index is -0.566. The monoisotopic (exact) mass is 260 g/mol. The molecule has 1 amide bonds. The summed E-state index contributed by atoms with van der Waals surface area (Å²) < 4.78 is 11.0. The van der Waals surface area contributed by atoms with Gasteiger partial charge in [-0.05, 0) is 31.5 Å². The van der Waals surface area contributed by atoms with E-state index in [9.17, 15) is 4.79 Å². The zero-order chi connectivity index (χ0) is 13.9. The SMILES string of the molecule is CC(C)(NC(=O)CC#N)c1ccc2c(c1)OCCO2. The Hall–Kier alpha value is -2.22. The van der Waals surface area contributed by atoms with Crippen LogP contribution in [0.2, 0.25) is 0 Å². The summed E-state index contributed by atoms with van der Waals surface area (Å²) in [5, 5.41) is 11.3. The molecule has 0 unspecified atom stereocenters. The van der Waals surface area contributed by atoms with Gasteiger partial charge in [0, 0.05) is 0 Å². The van der Waals surface area contributed by atoms with Crippen molar-refractivity contribution in [3.05, 3.63) is 23.8 Å². The summed E-state index contributed by atoms with van der Waals surface area (Å²) in [5.41, 5.74) is 0.340. The Balaban J connectivity index is 2.20. The maximum absolute atomic E-state index is 11.5. The molecule has 100 valence electrons. The standard InChI is InChI=1S/C14H16N2O3/c1-14(2,16-13(17)5-6-15)10-3-4-11-12(9-10)19-8-7-18-11/h3-4,9H,5,7-8H2,1-2H3,(H,16,17). The molecule has 0 atom stereocenters. The Morgan fingerprint density at radius 3 is 2.74 bits per heavy atom. The lowest BCUT2D eigenvalue weighted by atomic mass is 9.93. The average Bonchev–Trinajstić information content (AvgIpc) is 2.37. The Bertz CT molecular complexity index is 532. The number of nitrogens with one attached hydrogen (secondary N) is 1. The molecule has 1 heterocycles. The largest absolute Gasteiger partial charge is 0.486 e. The van der Waals surface area contributed by atoms with Gasteiger partial charge in [0.15, 0.2) is 11.5 Å². The molecule has 1 aromatic rings. The van der Waals surface area contributed by atoms with Crippen LogP contribution in [0.25, 0.3) is 0 Å². The quantitative estimate of drug-likeness (QED) is 0.898. The van der Waals surface area contributed by atoms with Gasteiger partial charge in [0.25, 0.3) is 0 Å². The van der Waals surface area contributed by atoms with Gasteiger partial charge in [0.05, 0.1) is 11.6 Å². The molecule has 0 bridgehead atoms. The molecular weight excluding hydrogens is 244 g/mol. The molecule has 0 saturated heterocycles. The summed E-state index contributed by atoms with van der Waals surface area (Å²) >= 11 is 0. The maximum atomic E-state index is 11.5. The summed E-state index contributed by atoms with van der Waals surface area (Å²) in [6, 6.07) is 7.42. The number of carbonyl (C=O) groups is 1. The van der Waals surface area contributed by atoms with Gasteiger partial charge in [0.1, 0.15) is 19.6 Å². The fraction of sp³-hybridized carbons (Fsp3) is 0.429. The van der Waals surface area contributed by atoms with Gasteiger partial charge in [-0.2, -0.15) is 5.26 Å². The molecule has 0 spiro atoms. The molecule has 0 aliphatic carbocycles. The van der Waals surface area contributed by atoms with E-state index in [1.54, 1.807) is 0 Å². The first kappa shape index (κ1) is 13.2. The zero-order valence-electron chi connectivity index (χ0n) is 11.0. The summed E-state index contributed by atoms with van der Waals surface area (Å²) in [5.74, 6) is 1.11. The van der Waals surface area contributed by atoms with Crippen molar-refractivity contribution in [1.82, 2.24) is 5.32 Å². The first-order chi connectivity index (χ1) is 9.03. The van der Waals surface area contributed by atoms with Gasteiger partial charge in [-0.25, -0.2) is 0 Å². The third-order valence-corrected chi connectivity index (χ3v) is 2.96. The molecule has 1 aromatic carbocycles. The van der Waals surface area contributed by atoms with Gasteiger partial charge in [-0.15, -0.1) is 0 Å². The van der Waals surface area contributed by atoms with Crippen LogP contribution in [0.15, 0.2) is 18.2 Å². The molecule has 1 aliphatic rings. The van der Waals surface area contributed by atoms with Gasteiger partial charge < -0.3 is 14.8 Å². The molecule has 5 nitrogen and oxygen atoms in total. The summed E-state index contributed by atoms with van der Waals surface area (Å²) in [4.78, 5) is 11.5. The second kappa shape index (κ2) is 5.19. The minimum Gasteiger partial charge on any atom is -0.486 e. The normalized spacial score (nSPS) is 13.5. The lowest BCUT2D eigenvalue weighted by molar-refractivity contribution is -0.121. The Morgan fingerprint density at radius 2 is 2.05 bits per heavy atom. The predicted molar refractivity (Wildman–Crippen MR) is 68.8 cm³/mol. The van der Waals surface area contributed by atoms with E-state index in [0.29, 0.717) is 24.7 Å². The number of nitrogens with zero attached hydrogens (tertiary/aromatic N) is 1. The lowest BCUT2D eigenvalue weighted by Gasteiger charge is -2.28. The molecule has 1 aliphatic heterocycles. The van der Waals surface area contributed by atoms with Crippen LogP contribution in [0.4, 0.5) is 0 Å². The van der Waals surface area contributed by atoms with Crippen LogP contribution < -0.4 is 14.8 Å². The van der Waals surface area contributed by atoms with E-state index in [-0.39, 0.29) is 12.3 Å². The molecule has 5 heteroatoms. The van der Waals surface area contributed by atoms with Gasteiger partial charge in [-0.1, -0.05) is 6.07 Å². The predicted octanol–water partition coefficient (Wildman–Crippen LogP) is 1.72. The van der Waals surface area contributed by atoms with Crippen molar-refractivity contribution in [2.24, 2.45) is 0 Å². The third-order valence-electron chi connectivity index (χ3n) is 2.96. The highest BCUT2D eigenvalue weighted by molar-refractivity contribution is 5.79. The van der Waals surface area contributed by atoms with Crippen molar-refractivity contribution in [2.45, 2.75) is 25.8 Å². The average molecular weight is 260 g/mol. The van der Waals surface area contributed by atoms with Crippen molar-refractivity contribution in [1.29, 1.82) is 5.26 Å². The summed E-state index contributed by atoms with van der Waals surface area (Å²) in [6.45, 7) is 4.84. The fourth-order valence-electron chi connectivity index (χ4n) is 1.97. The van der Waals surface area contributed by atoms with Crippen LogP contribution in [0, 0.1) is 11.3 Å². The number of rotatable bonds is 3. The van der Waals surface area contributed by atoms with E-state index in [2.05, 4.69) is 5.32 Å². The highest BCUT2D eigenvalue weighted by Gasteiger charge is 2.24. The van der Waals surface area contributed by atoms with Crippen LogP contribution in [0.1, 0.15) is 25.8 Å². The number of fused-ring (bicyclic) bond motifs is 1. The molecule has 0 aromatic heterocycles. The van der Waals surface area contributed by atoms with Crippen molar-refractivity contribution in [2.75, 3.05) is 13.2 Å². The number of hydrogen-bond donors (Lipinski definition) is 1. The molecular formula is C14H16N2O3. The highest BCUT2D eigenvalue weighted by Crippen LogP contribution is 2.34. The second-order valence-electron chi connectivity index (χ2n) is 4.87. The van der Waals surface area contributed by atoms with Crippen molar-refractivity contribution >= 4 is 5.91 Å². The first-order valence-corrected chi connectivity index (χ1v) is 6.11. The number of hydrogen-bond acceptors (Lipinski definition) is 4. The Kier molecular flexibility index (Phi) is 3.61. The van der Waals surface area contributed by atoms with Crippen molar-refractivity contribution in [3.8, 4) is 17.6 Å². The minimum absolute atomic E-state index is 0.145. The van der Waals surface area contributed by atoms with E-state index in [1.807, 2.05) is 38.1 Å². The maximum Gasteiger partial charge on any atom is 0.234 e. The van der Waals surface area contributed by atoms with E-state index >= 15 is 0 Å². The van der Waals surface area contributed by atoms with Crippen LogP contribution in [-0.2, 0) is 10.3 Å². The van der Waals surface area contributed by atoms with E-state index in [0.717, 1.165) is 5.56 Å². The molecule has 2 rings (SSSR count).